The molecular weight excluding hydrogens is 260 g/mol. The third kappa shape index (κ3) is 6.13. The van der Waals surface area contributed by atoms with Crippen molar-refractivity contribution in [3.05, 3.63) is 0 Å². The second-order valence-electron chi connectivity index (χ2n) is 5.78. The van der Waals surface area contributed by atoms with E-state index in [0.29, 0.717) is 13.0 Å². The molecule has 0 aromatic carbocycles. The Bertz CT molecular complexity index is 240. The number of nitrogens with one attached hydrogen (secondary N) is 1. The molecule has 114 valence electrons. The van der Waals surface area contributed by atoms with Crippen molar-refractivity contribution >= 4 is 18.3 Å². The fourth-order valence-electron chi connectivity index (χ4n) is 2.94. The molecule has 3 N–H and O–H groups in total. The van der Waals surface area contributed by atoms with Crippen LogP contribution in [0.5, 0.6) is 0 Å². The summed E-state index contributed by atoms with van der Waals surface area (Å²) >= 11 is 0. The van der Waals surface area contributed by atoms with E-state index in [2.05, 4.69) is 19.2 Å². The SMILES string of the molecule is CCC(CC)(CN)NC(=O)CCC1CCCCC1.Cl. The summed E-state index contributed by atoms with van der Waals surface area (Å²) in [6.07, 6.45) is 10.3. The third-order valence-electron chi connectivity index (χ3n) is 4.65. The van der Waals surface area contributed by atoms with Crippen LogP contribution < -0.4 is 11.1 Å². The van der Waals surface area contributed by atoms with Gasteiger partial charge in [-0.1, -0.05) is 46.0 Å². The van der Waals surface area contributed by atoms with Gasteiger partial charge in [-0.25, -0.2) is 0 Å². The van der Waals surface area contributed by atoms with Gasteiger partial charge < -0.3 is 11.1 Å². The molecule has 0 atom stereocenters. The van der Waals surface area contributed by atoms with Crippen LogP contribution in [0.25, 0.3) is 0 Å². The molecule has 1 amide bonds. The van der Waals surface area contributed by atoms with Crippen molar-refractivity contribution in [3.8, 4) is 0 Å². The highest BCUT2D eigenvalue weighted by atomic mass is 35.5. The van der Waals surface area contributed by atoms with Gasteiger partial charge in [0.2, 0.25) is 5.91 Å². The number of carbonyl (C=O) groups is 1. The summed E-state index contributed by atoms with van der Waals surface area (Å²) in [5.74, 6) is 0.967. The molecule has 19 heavy (non-hydrogen) atoms. The first-order valence-electron chi connectivity index (χ1n) is 7.67. The quantitative estimate of drug-likeness (QED) is 0.755. The lowest BCUT2D eigenvalue weighted by Gasteiger charge is -2.32. The first-order valence-corrected chi connectivity index (χ1v) is 7.67. The predicted octanol–water partition coefficient (Wildman–Crippen LogP) is 3.40. The van der Waals surface area contributed by atoms with Gasteiger partial charge in [-0.05, 0) is 25.2 Å². The fourth-order valence-corrected chi connectivity index (χ4v) is 2.94. The van der Waals surface area contributed by atoms with Gasteiger partial charge in [0.25, 0.3) is 0 Å². The monoisotopic (exact) mass is 290 g/mol. The van der Waals surface area contributed by atoms with E-state index in [4.69, 9.17) is 5.73 Å². The Morgan fingerprint density at radius 3 is 2.26 bits per heavy atom. The highest BCUT2D eigenvalue weighted by Gasteiger charge is 2.26. The molecule has 3 nitrogen and oxygen atoms in total. The van der Waals surface area contributed by atoms with Crippen LogP contribution in [-0.4, -0.2) is 18.0 Å². The Kier molecular flexibility index (Phi) is 9.46. The number of rotatable bonds is 7. The smallest absolute Gasteiger partial charge is 0.220 e. The summed E-state index contributed by atoms with van der Waals surface area (Å²) in [7, 11) is 0. The maximum Gasteiger partial charge on any atom is 0.220 e. The average molecular weight is 291 g/mol. The van der Waals surface area contributed by atoms with E-state index in [1.807, 2.05) is 0 Å². The zero-order chi connectivity index (χ0) is 13.4. The van der Waals surface area contributed by atoms with Crippen molar-refractivity contribution in [3.63, 3.8) is 0 Å². The average Bonchev–Trinajstić information content (AvgIpc) is 2.44. The van der Waals surface area contributed by atoms with Crippen molar-refractivity contribution in [2.45, 2.75) is 77.2 Å². The van der Waals surface area contributed by atoms with Gasteiger partial charge in [-0.15, -0.1) is 12.4 Å². The molecule has 1 saturated carbocycles. The second-order valence-corrected chi connectivity index (χ2v) is 5.78. The first kappa shape index (κ1) is 18.7. The normalized spacial score (nSPS) is 16.8. The number of hydrogen-bond acceptors (Lipinski definition) is 2. The Balaban J connectivity index is 0.00000324. The summed E-state index contributed by atoms with van der Waals surface area (Å²) in [5.41, 5.74) is 5.62. The van der Waals surface area contributed by atoms with Crippen LogP contribution in [0.4, 0.5) is 0 Å². The molecule has 0 aliphatic heterocycles. The fraction of sp³-hybridized carbons (Fsp3) is 0.933. The lowest BCUT2D eigenvalue weighted by molar-refractivity contribution is -0.123. The topological polar surface area (TPSA) is 55.1 Å². The van der Waals surface area contributed by atoms with Crippen molar-refractivity contribution in [2.75, 3.05) is 6.54 Å². The van der Waals surface area contributed by atoms with Crippen LogP contribution in [0.2, 0.25) is 0 Å². The van der Waals surface area contributed by atoms with Gasteiger partial charge in [0.1, 0.15) is 0 Å². The minimum atomic E-state index is -0.177. The lowest BCUT2D eigenvalue weighted by atomic mass is 9.86. The van der Waals surface area contributed by atoms with Gasteiger partial charge in [0.15, 0.2) is 0 Å². The van der Waals surface area contributed by atoms with E-state index in [9.17, 15) is 4.79 Å². The molecule has 0 aromatic heterocycles. The van der Waals surface area contributed by atoms with Gasteiger partial charge >= 0.3 is 0 Å². The van der Waals surface area contributed by atoms with Gasteiger partial charge in [0, 0.05) is 13.0 Å². The number of carbonyl (C=O) groups excluding carboxylic acids is 1. The standard InChI is InChI=1S/C15H30N2O.ClH/c1-3-15(4-2,12-16)17-14(18)11-10-13-8-6-5-7-9-13;/h13H,3-12,16H2,1-2H3,(H,17,18);1H. The molecule has 0 bridgehead atoms. The van der Waals surface area contributed by atoms with Crippen LogP contribution in [0.1, 0.15) is 71.6 Å². The maximum atomic E-state index is 12.0. The van der Waals surface area contributed by atoms with Crippen LogP contribution in [-0.2, 0) is 4.79 Å². The summed E-state index contributed by atoms with van der Waals surface area (Å²) in [6, 6.07) is 0. The summed E-state index contributed by atoms with van der Waals surface area (Å²) in [6.45, 7) is 4.73. The Morgan fingerprint density at radius 2 is 1.79 bits per heavy atom. The first-order chi connectivity index (χ1) is 8.65. The van der Waals surface area contributed by atoms with E-state index in [0.717, 1.165) is 25.2 Å². The van der Waals surface area contributed by atoms with E-state index in [1.165, 1.54) is 32.1 Å². The minimum Gasteiger partial charge on any atom is -0.349 e. The maximum absolute atomic E-state index is 12.0. The summed E-state index contributed by atoms with van der Waals surface area (Å²) in [4.78, 5) is 12.0. The van der Waals surface area contributed by atoms with Crippen molar-refractivity contribution in [2.24, 2.45) is 11.7 Å². The molecule has 0 saturated heterocycles. The molecular formula is C15H31ClN2O. The summed E-state index contributed by atoms with van der Waals surface area (Å²) < 4.78 is 0. The second kappa shape index (κ2) is 9.60. The predicted molar refractivity (Wildman–Crippen MR) is 83.6 cm³/mol. The third-order valence-corrected chi connectivity index (χ3v) is 4.65. The molecule has 0 unspecified atom stereocenters. The number of nitrogens with two attached hydrogens (primary N) is 1. The van der Waals surface area contributed by atoms with E-state index in [-0.39, 0.29) is 23.9 Å². The van der Waals surface area contributed by atoms with Crippen molar-refractivity contribution < 1.29 is 4.79 Å². The van der Waals surface area contributed by atoms with E-state index >= 15 is 0 Å². The van der Waals surface area contributed by atoms with Crippen LogP contribution >= 0.6 is 12.4 Å². The minimum absolute atomic E-state index is 0. The van der Waals surface area contributed by atoms with Crippen molar-refractivity contribution in [1.82, 2.24) is 5.32 Å². The molecule has 0 radical (unpaired) electrons. The Morgan fingerprint density at radius 1 is 1.21 bits per heavy atom. The largest absolute Gasteiger partial charge is 0.349 e. The molecule has 1 aliphatic carbocycles. The van der Waals surface area contributed by atoms with Gasteiger partial charge in [0.05, 0.1) is 5.54 Å². The molecule has 0 spiro atoms. The van der Waals surface area contributed by atoms with Gasteiger partial charge in [-0.3, -0.25) is 4.79 Å². The van der Waals surface area contributed by atoms with E-state index in [1.54, 1.807) is 0 Å². The number of hydrogen-bond donors (Lipinski definition) is 2. The molecule has 1 rings (SSSR count). The van der Waals surface area contributed by atoms with Crippen LogP contribution in [0, 0.1) is 5.92 Å². The lowest BCUT2D eigenvalue weighted by Crippen LogP contribution is -2.52. The zero-order valence-corrected chi connectivity index (χ0v) is 13.4. The number of amides is 1. The highest BCUT2D eigenvalue weighted by Crippen LogP contribution is 2.27. The van der Waals surface area contributed by atoms with E-state index < -0.39 is 0 Å². The van der Waals surface area contributed by atoms with Crippen LogP contribution in [0.3, 0.4) is 0 Å². The molecule has 0 heterocycles. The van der Waals surface area contributed by atoms with Crippen LogP contribution in [0.15, 0.2) is 0 Å². The Labute approximate surface area is 124 Å². The highest BCUT2D eigenvalue weighted by molar-refractivity contribution is 5.85. The molecule has 0 aromatic rings. The summed E-state index contributed by atoms with van der Waals surface area (Å²) in [5, 5.41) is 3.16. The molecule has 1 aliphatic rings. The zero-order valence-electron chi connectivity index (χ0n) is 12.5. The molecule has 4 heteroatoms. The van der Waals surface area contributed by atoms with Gasteiger partial charge in [-0.2, -0.15) is 0 Å². The number of halogens is 1. The Hall–Kier alpha value is -0.280. The molecule has 1 fully saturated rings. The van der Waals surface area contributed by atoms with Crippen molar-refractivity contribution in [1.29, 1.82) is 0 Å².